The van der Waals surface area contributed by atoms with Crippen molar-refractivity contribution in [2.75, 3.05) is 18.4 Å². The van der Waals surface area contributed by atoms with Gasteiger partial charge in [-0.05, 0) is 117 Å². The minimum atomic E-state index is -0.668. The molecule has 2 saturated heterocycles. The van der Waals surface area contributed by atoms with Gasteiger partial charge in [0.2, 0.25) is 0 Å². The number of rotatable bonds is 12. The van der Waals surface area contributed by atoms with E-state index in [-0.39, 0.29) is 42.8 Å². The minimum Gasteiger partial charge on any atom is -0.459 e. The normalized spacial score (nSPS) is 20.9. The van der Waals surface area contributed by atoms with Crippen molar-refractivity contribution in [2.24, 2.45) is 5.92 Å². The number of aliphatic hydroxyl groups is 1. The van der Waals surface area contributed by atoms with E-state index in [2.05, 4.69) is 40.7 Å². The van der Waals surface area contributed by atoms with Crippen LogP contribution in [-0.4, -0.2) is 52.8 Å². The van der Waals surface area contributed by atoms with Crippen LogP contribution in [-0.2, 0) is 32.2 Å². The van der Waals surface area contributed by atoms with Crippen LogP contribution >= 0.6 is 0 Å². The molecule has 0 saturated carbocycles. The Bertz CT molecular complexity index is 2140. The molecule has 2 fully saturated rings. The van der Waals surface area contributed by atoms with Crippen LogP contribution < -0.4 is 15.4 Å². The lowest BCUT2D eigenvalue weighted by atomic mass is 9.89. The SMILES string of the molecule is C[C@@H]1[C@H](CN2CCC[C@H]2C(=O)OC(C)(C)C)O[C@H](c2cccc(-c3cccc(CNC(=O)Nc4ccc(Oc5ccccc5)cc4)c3)c2)O[C@@H]1c1ccc(CO)cc1. The van der Waals surface area contributed by atoms with Crippen LogP contribution in [0.15, 0.2) is 127 Å². The zero-order chi connectivity index (χ0) is 40.6. The van der Waals surface area contributed by atoms with Gasteiger partial charge in [-0.2, -0.15) is 0 Å². The number of benzene rings is 5. The van der Waals surface area contributed by atoms with Crippen LogP contribution in [0.3, 0.4) is 0 Å². The van der Waals surface area contributed by atoms with Crippen molar-refractivity contribution in [3.8, 4) is 22.6 Å². The number of hydrogen-bond acceptors (Lipinski definition) is 8. The van der Waals surface area contributed by atoms with Crippen LogP contribution in [0.2, 0.25) is 0 Å². The average molecular weight is 784 g/mol. The summed E-state index contributed by atoms with van der Waals surface area (Å²) in [6.07, 6.45) is 0.469. The van der Waals surface area contributed by atoms with Crippen LogP contribution in [0.1, 0.15) is 75.2 Å². The summed E-state index contributed by atoms with van der Waals surface area (Å²) in [6.45, 7) is 9.49. The van der Waals surface area contributed by atoms with E-state index in [9.17, 15) is 14.7 Å². The Kier molecular flexibility index (Phi) is 12.9. The van der Waals surface area contributed by atoms with E-state index in [0.29, 0.717) is 24.5 Å². The summed E-state index contributed by atoms with van der Waals surface area (Å²) in [5, 5.41) is 15.5. The van der Waals surface area contributed by atoms with E-state index in [1.165, 1.54) is 0 Å². The first-order valence-electron chi connectivity index (χ1n) is 20.1. The molecule has 10 heteroatoms. The molecule has 10 nitrogen and oxygen atoms in total. The summed E-state index contributed by atoms with van der Waals surface area (Å²) >= 11 is 0. The number of carbonyl (C=O) groups is 2. The summed E-state index contributed by atoms with van der Waals surface area (Å²) in [7, 11) is 0. The molecule has 0 radical (unpaired) electrons. The summed E-state index contributed by atoms with van der Waals surface area (Å²) in [6, 6.07) is 40.3. The van der Waals surface area contributed by atoms with Gasteiger partial charge in [0.05, 0.1) is 18.8 Å². The van der Waals surface area contributed by atoms with Crippen LogP contribution in [0.4, 0.5) is 10.5 Å². The fourth-order valence-corrected chi connectivity index (χ4v) is 7.55. The van der Waals surface area contributed by atoms with Crippen molar-refractivity contribution in [1.82, 2.24) is 10.2 Å². The number of likely N-dealkylation sites (tertiary alicyclic amines) is 1. The van der Waals surface area contributed by atoms with Gasteiger partial charge in [0.25, 0.3) is 0 Å². The van der Waals surface area contributed by atoms with E-state index < -0.39 is 11.9 Å². The van der Waals surface area contributed by atoms with Crippen molar-refractivity contribution in [1.29, 1.82) is 0 Å². The lowest BCUT2D eigenvalue weighted by Crippen LogP contribution is -2.48. The van der Waals surface area contributed by atoms with Crippen LogP contribution in [0, 0.1) is 5.92 Å². The van der Waals surface area contributed by atoms with Crippen molar-refractivity contribution in [3.05, 3.63) is 150 Å². The number of nitrogens with zero attached hydrogens (tertiary/aromatic N) is 1. The molecule has 0 aliphatic carbocycles. The number of carbonyl (C=O) groups excluding carboxylic acids is 2. The predicted octanol–water partition coefficient (Wildman–Crippen LogP) is 9.56. The molecule has 58 heavy (non-hydrogen) atoms. The highest BCUT2D eigenvalue weighted by atomic mass is 16.7. The number of esters is 1. The molecule has 2 aliphatic heterocycles. The number of anilines is 1. The highest BCUT2D eigenvalue weighted by molar-refractivity contribution is 5.89. The maximum atomic E-state index is 13.3. The van der Waals surface area contributed by atoms with E-state index >= 15 is 0 Å². The van der Waals surface area contributed by atoms with Gasteiger partial charge in [-0.3, -0.25) is 9.69 Å². The Morgan fingerprint density at radius 2 is 1.50 bits per heavy atom. The Balaban J connectivity index is 1.03. The summed E-state index contributed by atoms with van der Waals surface area (Å²) in [5.74, 6) is 1.20. The zero-order valence-corrected chi connectivity index (χ0v) is 33.6. The second kappa shape index (κ2) is 18.4. The summed E-state index contributed by atoms with van der Waals surface area (Å²) in [4.78, 5) is 28.3. The van der Waals surface area contributed by atoms with Crippen molar-refractivity contribution < 1.29 is 33.6 Å². The van der Waals surface area contributed by atoms with E-state index in [4.69, 9.17) is 18.9 Å². The molecule has 0 unspecified atom stereocenters. The second-order valence-electron chi connectivity index (χ2n) is 16.1. The van der Waals surface area contributed by atoms with Crippen LogP contribution in [0.5, 0.6) is 11.5 Å². The fraction of sp³-hybridized carbons (Fsp3) is 0.333. The van der Waals surface area contributed by atoms with Crippen molar-refractivity contribution in [2.45, 2.75) is 83.8 Å². The van der Waals surface area contributed by atoms with E-state index in [0.717, 1.165) is 58.5 Å². The molecule has 0 bridgehead atoms. The first-order valence-corrected chi connectivity index (χ1v) is 20.1. The van der Waals surface area contributed by atoms with E-state index in [1.807, 2.05) is 118 Å². The molecule has 2 amide bonds. The highest BCUT2D eigenvalue weighted by Gasteiger charge is 2.42. The number of amides is 2. The van der Waals surface area contributed by atoms with Gasteiger partial charge in [-0.1, -0.05) is 85.8 Å². The average Bonchev–Trinajstić information content (AvgIpc) is 3.70. The quantitative estimate of drug-likeness (QED) is 0.107. The number of hydrogen-bond donors (Lipinski definition) is 3. The molecule has 2 heterocycles. The first kappa shape index (κ1) is 40.7. The molecule has 5 atom stereocenters. The minimum absolute atomic E-state index is 0.0333. The number of ether oxygens (including phenoxy) is 4. The topological polar surface area (TPSA) is 119 Å². The van der Waals surface area contributed by atoms with Gasteiger partial charge in [0.15, 0.2) is 6.29 Å². The highest BCUT2D eigenvalue weighted by Crippen LogP contribution is 2.43. The van der Waals surface area contributed by atoms with Gasteiger partial charge in [0, 0.05) is 30.3 Å². The van der Waals surface area contributed by atoms with Gasteiger partial charge in [0.1, 0.15) is 23.1 Å². The number of urea groups is 1. The maximum absolute atomic E-state index is 13.3. The Morgan fingerprint density at radius 3 is 2.22 bits per heavy atom. The molecule has 302 valence electrons. The largest absolute Gasteiger partial charge is 0.459 e. The molecule has 2 aliphatic rings. The lowest BCUT2D eigenvalue weighted by molar-refractivity contribution is -0.276. The Labute approximate surface area is 341 Å². The molecule has 7 rings (SSSR count). The molecule has 0 spiro atoms. The molecular formula is C48H53N3O7. The Morgan fingerprint density at radius 1 is 0.793 bits per heavy atom. The zero-order valence-electron chi connectivity index (χ0n) is 33.6. The summed E-state index contributed by atoms with van der Waals surface area (Å²) < 4.78 is 25.3. The number of nitrogens with one attached hydrogen (secondary N) is 2. The predicted molar refractivity (Wildman–Crippen MR) is 224 cm³/mol. The Hall–Kier alpha value is -5.52. The smallest absolute Gasteiger partial charge is 0.323 e. The molecular weight excluding hydrogens is 731 g/mol. The second-order valence-corrected chi connectivity index (χ2v) is 16.1. The molecule has 3 N–H and O–H groups in total. The molecule has 5 aromatic carbocycles. The van der Waals surface area contributed by atoms with Crippen LogP contribution in [0.25, 0.3) is 11.1 Å². The standard InChI is InChI=1S/C48H53N3O7/c1-32-43(30-51-26-10-17-42(51)45(53)58-48(2,3)4)56-46(57-44(32)35-20-18-33(31-52)19-21-35)38-14-9-13-37(28-38)36-12-8-11-34(27-36)29-49-47(54)50-39-22-24-41(25-23-39)55-40-15-6-5-7-16-40/h5-9,11-16,18-25,27-28,32,42-44,46,52H,10,17,26,29-31H2,1-4H3,(H2,49,50,54)/t32-,42+,43+,44+,46+/m1/s1. The van der Waals surface area contributed by atoms with Gasteiger partial charge in [-0.25, -0.2) is 4.79 Å². The third-order valence-corrected chi connectivity index (χ3v) is 10.5. The number of aliphatic hydroxyl groups excluding tert-OH is 1. The van der Waals surface area contributed by atoms with Gasteiger partial charge in [-0.15, -0.1) is 0 Å². The monoisotopic (exact) mass is 783 g/mol. The molecule has 5 aromatic rings. The van der Waals surface area contributed by atoms with E-state index in [1.54, 1.807) is 12.1 Å². The third kappa shape index (κ3) is 10.5. The lowest BCUT2D eigenvalue weighted by Gasteiger charge is -2.43. The maximum Gasteiger partial charge on any atom is 0.323 e. The van der Waals surface area contributed by atoms with Gasteiger partial charge < -0.3 is 34.7 Å². The number of para-hydroxylation sites is 1. The third-order valence-electron chi connectivity index (χ3n) is 10.5. The van der Waals surface area contributed by atoms with Crippen molar-refractivity contribution >= 4 is 17.7 Å². The molecule has 0 aromatic heterocycles. The first-order chi connectivity index (χ1) is 28.0. The van der Waals surface area contributed by atoms with Gasteiger partial charge >= 0.3 is 12.0 Å². The fourth-order valence-electron chi connectivity index (χ4n) is 7.55. The van der Waals surface area contributed by atoms with Crippen molar-refractivity contribution in [3.63, 3.8) is 0 Å². The summed E-state index contributed by atoms with van der Waals surface area (Å²) in [5.41, 5.74) is 5.72.